The van der Waals surface area contributed by atoms with Crippen LogP contribution in [0.5, 0.6) is 0 Å². The highest BCUT2D eigenvalue weighted by molar-refractivity contribution is 6.02. The number of anilines is 3. The van der Waals surface area contributed by atoms with Crippen molar-refractivity contribution in [3.8, 4) is 0 Å². The SMILES string of the molecule is CN(C(=O)OC(C)(C)C)c1cc(Nc2cccn([C@@H]3CCCCO3)c2=O)nc2c(C(=O)CC3CCC[C@@H](O)C3)cnn12. The van der Waals surface area contributed by atoms with E-state index in [1.165, 1.54) is 15.6 Å². The van der Waals surface area contributed by atoms with Crippen LogP contribution in [0, 0.1) is 5.92 Å². The van der Waals surface area contributed by atoms with Gasteiger partial charge in [0.2, 0.25) is 0 Å². The van der Waals surface area contributed by atoms with Gasteiger partial charge in [-0.05, 0) is 77.3 Å². The Labute approximate surface area is 244 Å². The molecule has 1 saturated carbocycles. The maximum Gasteiger partial charge on any atom is 0.415 e. The second-order valence-electron chi connectivity index (χ2n) is 12.2. The van der Waals surface area contributed by atoms with E-state index in [0.29, 0.717) is 24.4 Å². The van der Waals surface area contributed by atoms with Crippen molar-refractivity contribution in [3.05, 3.63) is 46.5 Å². The van der Waals surface area contributed by atoms with Crippen molar-refractivity contribution in [3.63, 3.8) is 0 Å². The topological polar surface area (TPSA) is 140 Å². The summed E-state index contributed by atoms with van der Waals surface area (Å²) in [7, 11) is 1.55. The molecule has 42 heavy (non-hydrogen) atoms. The Bertz CT molecular complexity index is 1500. The third-order valence-electron chi connectivity index (χ3n) is 7.70. The maximum atomic E-state index is 13.5. The summed E-state index contributed by atoms with van der Waals surface area (Å²) in [6.45, 7) is 5.93. The van der Waals surface area contributed by atoms with Crippen LogP contribution in [0.2, 0.25) is 0 Å². The molecule has 2 aliphatic rings. The van der Waals surface area contributed by atoms with Crippen LogP contribution in [0.1, 0.15) is 88.7 Å². The average Bonchev–Trinajstić information content (AvgIpc) is 3.37. The van der Waals surface area contributed by atoms with Crippen LogP contribution >= 0.6 is 0 Å². The van der Waals surface area contributed by atoms with Crippen molar-refractivity contribution in [1.29, 1.82) is 0 Å². The molecule has 3 atom stereocenters. The lowest BCUT2D eigenvalue weighted by Gasteiger charge is -2.26. The molecule has 3 aromatic rings. The molecule has 12 heteroatoms. The Kier molecular flexibility index (Phi) is 8.65. The Balaban J connectivity index is 1.52. The van der Waals surface area contributed by atoms with E-state index in [0.717, 1.165) is 38.5 Å². The standard InChI is InChI=1S/C30H40N6O6/c1-30(2,3)42-29(40)34(4)25-17-24(32-22-11-8-13-35(28(22)39)26-12-5-6-14-41-26)33-27-21(18-31-36(25)27)23(38)16-19-9-7-10-20(37)15-19/h8,11,13,17-20,26,37H,5-7,9-10,12,14-16H2,1-4H3,(H,32,33)/t19?,20-,26+/m1/s1. The summed E-state index contributed by atoms with van der Waals surface area (Å²) < 4.78 is 14.4. The Morgan fingerprint density at radius 3 is 2.74 bits per heavy atom. The van der Waals surface area contributed by atoms with Crippen molar-refractivity contribution in [2.75, 3.05) is 23.9 Å². The first-order valence-corrected chi connectivity index (χ1v) is 14.7. The second kappa shape index (κ2) is 12.2. The molecule has 1 aliphatic carbocycles. The first-order valence-electron chi connectivity index (χ1n) is 14.7. The van der Waals surface area contributed by atoms with Gasteiger partial charge in [0, 0.05) is 32.3 Å². The summed E-state index contributed by atoms with van der Waals surface area (Å²) in [5.41, 5.74) is -0.172. The zero-order valence-corrected chi connectivity index (χ0v) is 24.7. The van der Waals surface area contributed by atoms with Gasteiger partial charge < -0.3 is 19.9 Å². The molecule has 4 heterocycles. The van der Waals surface area contributed by atoms with Crippen LogP contribution in [-0.2, 0) is 9.47 Å². The summed E-state index contributed by atoms with van der Waals surface area (Å²) in [4.78, 5) is 45.9. The number of carbonyl (C=O) groups is 2. The van der Waals surface area contributed by atoms with Crippen LogP contribution in [-0.4, -0.2) is 61.5 Å². The van der Waals surface area contributed by atoms with E-state index in [9.17, 15) is 19.5 Å². The molecular formula is C30H40N6O6. The van der Waals surface area contributed by atoms with Crippen LogP contribution in [0.15, 0.2) is 35.4 Å². The summed E-state index contributed by atoms with van der Waals surface area (Å²) in [5, 5.41) is 17.6. The minimum Gasteiger partial charge on any atom is -0.443 e. The van der Waals surface area contributed by atoms with Crippen molar-refractivity contribution in [2.24, 2.45) is 5.92 Å². The van der Waals surface area contributed by atoms with E-state index in [2.05, 4.69) is 15.4 Å². The van der Waals surface area contributed by atoms with Gasteiger partial charge in [-0.2, -0.15) is 9.61 Å². The van der Waals surface area contributed by atoms with E-state index in [1.54, 1.807) is 56.8 Å². The summed E-state index contributed by atoms with van der Waals surface area (Å²) in [5.74, 6) is 0.494. The van der Waals surface area contributed by atoms with E-state index in [1.807, 2.05) is 0 Å². The Morgan fingerprint density at radius 1 is 1.21 bits per heavy atom. The van der Waals surface area contributed by atoms with Crippen molar-refractivity contribution < 1.29 is 24.2 Å². The molecule has 2 fully saturated rings. The fraction of sp³-hybridized carbons (Fsp3) is 0.567. The number of ketones is 1. The van der Waals surface area contributed by atoms with E-state index < -0.39 is 17.8 Å². The number of hydrogen-bond donors (Lipinski definition) is 2. The third kappa shape index (κ3) is 6.65. The molecule has 1 saturated heterocycles. The zero-order valence-electron chi connectivity index (χ0n) is 24.7. The first kappa shape index (κ1) is 29.7. The quantitative estimate of drug-likeness (QED) is 0.376. The van der Waals surface area contributed by atoms with E-state index in [4.69, 9.17) is 9.47 Å². The molecule has 12 nitrogen and oxygen atoms in total. The van der Waals surface area contributed by atoms with Crippen molar-refractivity contribution >= 4 is 34.8 Å². The number of aromatic nitrogens is 4. The molecule has 1 aliphatic heterocycles. The Morgan fingerprint density at radius 2 is 2.02 bits per heavy atom. The lowest BCUT2D eigenvalue weighted by atomic mass is 9.83. The van der Waals surface area contributed by atoms with Gasteiger partial charge in [-0.15, -0.1) is 0 Å². The van der Waals surface area contributed by atoms with Gasteiger partial charge in [0.1, 0.15) is 29.2 Å². The first-order chi connectivity index (χ1) is 20.0. The second-order valence-corrected chi connectivity index (χ2v) is 12.2. The average molecular weight is 581 g/mol. The molecular weight excluding hydrogens is 540 g/mol. The van der Waals surface area contributed by atoms with Gasteiger partial charge in [0.25, 0.3) is 5.56 Å². The fourth-order valence-electron chi connectivity index (χ4n) is 5.60. The molecule has 0 aromatic carbocycles. The van der Waals surface area contributed by atoms with Gasteiger partial charge >= 0.3 is 6.09 Å². The number of Topliss-reactive ketones (excluding diaryl/α,β-unsaturated/α-hetero) is 1. The number of carbonyl (C=O) groups excluding carboxylic acids is 2. The number of aliphatic hydroxyl groups is 1. The van der Waals surface area contributed by atoms with Gasteiger partial charge in [-0.1, -0.05) is 6.42 Å². The number of rotatable bonds is 7. The van der Waals surface area contributed by atoms with Gasteiger partial charge in [-0.3, -0.25) is 19.1 Å². The smallest absolute Gasteiger partial charge is 0.415 e. The normalized spacial score (nSPS) is 21.2. The molecule has 1 unspecified atom stereocenters. The molecule has 0 spiro atoms. The minimum absolute atomic E-state index is 0.0752. The maximum absolute atomic E-state index is 13.5. The van der Waals surface area contributed by atoms with Crippen LogP contribution in [0.4, 0.5) is 22.1 Å². The largest absolute Gasteiger partial charge is 0.443 e. The number of nitrogens with one attached hydrogen (secondary N) is 1. The number of aliphatic hydroxyl groups excluding tert-OH is 1. The van der Waals surface area contributed by atoms with Crippen LogP contribution < -0.4 is 15.8 Å². The van der Waals surface area contributed by atoms with E-state index in [-0.39, 0.29) is 47.1 Å². The van der Waals surface area contributed by atoms with Gasteiger partial charge in [0.15, 0.2) is 11.4 Å². The van der Waals surface area contributed by atoms with Crippen LogP contribution in [0.25, 0.3) is 5.65 Å². The van der Waals surface area contributed by atoms with Crippen LogP contribution in [0.3, 0.4) is 0 Å². The highest BCUT2D eigenvalue weighted by Gasteiger charge is 2.28. The predicted octanol–water partition coefficient (Wildman–Crippen LogP) is 4.83. The predicted molar refractivity (Wildman–Crippen MR) is 157 cm³/mol. The number of amides is 1. The zero-order chi connectivity index (χ0) is 30.0. The van der Waals surface area contributed by atoms with Gasteiger partial charge in [0.05, 0.1) is 17.9 Å². The molecule has 3 aromatic heterocycles. The van der Waals surface area contributed by atoms with Gasteiger partial charge in [-0.25, -0.2) is 9.78 Å². The lowest BCUT2D eigenvalue weighted by Crippen LogP contribution is -2.35. The number of ether oxygens (including phenoxy) is 2. The van der Waals surface area contributed by atoms with Crippen molar-refractivity contribution in [2.45, 2.75) is 90.1 Å². The Hall–Kier alpha value is -3.77. The molecule has 1 amide bonds. The number of pyridine rings is 1. The van der Waals surface area contributed by atoms with Crippen molar-refractivity contribution in [1.82, 2.24) is 19.2 Å². The molecule has 5 rings (SSSR count). The molecule has 0 radical (unpaired) electrons. The molecule has 0 bridgehead atoms. The summed E-state index contributed by atoms with van der Waals surface area (Å²) in [6, 6.07) is 5.01. The number of nitrogens with zero attached hydrogens (tertiary/aromatic N) is 5. The molecule has 2 N–H and O–H groups in total. The monoisotopic (exact) mass is 580 g/mol. The molecule has 226 valence electrons. The highest BCUT2D eigenvalue weighted by atomic mass is 16.6. The third-order valence-corrected chi connectivity index (χ3v) is 7.70. The highest BCUT2D eigenvalue weighted by Crippen LogP contribution is 2.30. The van der Waals surface area contributed by atoms with E-state index >= 15 is 0 Å². The number of hydrogen-bond acceptors (Lipinski definition) is 9. The number of fused-ring (bicyclic) bond motifs is 1. The summed E-state index contributed by atoms with van der Waals surface area (Å²) in [6.07, 6.45) is 7.87. The fourth-order valence-corrected chi connectivity index (χ4v) is 5.60. The lowest BCUT2D eigenvalue weighted by molar-refractivity contribution is -0.0339. The summed E-state index contributed by atoms with van der Waals surface area (Å²) >= 11 is 0. The minimum atomic E-state index is -0.731.